The monoisotopic (exact) mass is 368 g/mol. The molecule has 26 heavy (non-hydrogen) atoms. The Morgan fingerprint density at radius 2 is 1.92 bits per heavy atom. The van der Waals surface area contributed by atoms with Gasteiger partial charge in [-0.05, 0) is 54.8 Å². The molecule has 0 unspecified atom stereocenters. The van der Waals surface area contributed by atoms with Crippen molar-refractivity contribution in [3.63, 3.8) is 0 Å². The highest BCUT2D eigenvalue weighted by molar-refractivity contribution is 8.13. The molecular weight excluding hydrogens is 348 g/mol. The Hall–Kier alpha value is -2.73. The molecule has 3 rings (SSSR count). The Morgan fingerprint density at radius 3 is 2.69 bits per heavy atom. The number of thioether (sulfide) groups is 1. The van der Waals surface area contributed by atoms with Crippen LogP contribution in [0, 0.1) is 13.8 Å². The maximum absolute atomic E-state index is 11.9. The number of aryl methyl sites for hydroxylation is 2. The van der Waals surface area contributed by atoms with Gasteiger partial charge in [0.2, 0.25) is 0 Å². The van der Waals surface area contributed by atoms with Gasteiger partial charge in [-0.3, -0.25) is 0 Å². The number of nitrogens with two attached hydrogens (primary N) is 1. The number of ether oxygens (including phenoxy) is 1. The lowest BCUT2D eigenvalue weighted by Crippen LogP contribution is -2.07. The largest absolute Gasteiger partial charge is 0.494 e. The van der Waals surface area contributed by atoms with E-state index in [0.29, 0.717) is 27.9 Å². The molecule has 0 saturated heterocycles. The SMILES string of the molecule is COc1ccccc1N=C(N)SCc1cc(=O)oc2cc(C)c(C)cc12. The van der Waals surface area contributed by atoms with Gasteiger partial charge in [0.1, 0.15) is 17.0 Å². The van der Waals surface area contributed by atoms with Crippen LogP contribution in [0.15, 0.2) is 56.7 Å². The van der Waals surface area contributed by atoms with E-state index in [1.165, 1.54) is 17.8 Å². The van der Waals surface area contributed by atoms with Crippen LogP contribution in [-0.4, -0.2) is 12.3 Å². The number of para-hydroxylation sites is 2. The van der Waals surface area contributed by atoms with Gasteiger partial charge < -0.3 is 14.9 Å². The molecule has 5 nitrogen and oxygen atoms in total. The first kappa shape index (κ1) is 18.1. The van der Waals surface area contributed by atoms with Gasteiger partial charge in [-0.2, -0.15) is 0 Å². The van der Waals surface area contributed by atoms with Crippen molar-refractivity contribution in [2.24, 2.45) is 10.7 Å². The zero-order valence-electron chi connectivity index (χ0n) is 14.9. The Balaban J connectivity index is 1.88. The standard InChI is InChI=1S/C20H20N2O3S/c1-12-8-15-14(10-19(23)25-18(15)9-13(12)2)11-26-20(21)22-16-6-4-5-7-17(16)24-3/h4-10H,11H2,1-3H3,(H2,21,22). The van der Waals surface area contributed by atoms with E-state index >= 15 is 0 Å². The third-order valence-electron chi connectivity index (χ3n) is 4.14. The van der Waals surface area contributed by atoms with Crippen LogP contribution in [0.3, 0.4) is 0 Å². The number of methoxy groups -OCH3 is 1. The lowest BCUT2D eigenvalue weighted by molar-refractivity contribution is 0.416. The molecule has 0 radical (unpaired) electrons. The van der Waals surface area contributed by atoms with Crippen molar-refractivity contribution < 1.29 is 9.15 Å². The summed E-state index contributed by atoms with van der Waals surface area (Å²) in [7, 11) is 1.59. The van der Waals surface area contributed by atoms with Crippen molar-refractivity contribution in [1.29, 1.82) is 0 Å². The van der Waals surface area contributed by atoms with Gasteiger partial charge in [0.05, 0.1) is 7.11 Å². The van der Waals surface area contributed by atoms with Crippen LogP contribution >= 0.6 is 11.8 Å². The predicted molar refractivity (Wildman–Crippen MR) is 108 cm³/mol. The Bertz CT molecular complexity index is 1040. The summed E-state index contributed by atoms with van der Waals surface area (Å²) in [5.41, 5.74) is 10.1. The second kappa shape index (κ2) is 7.66. The minimum absolute atomic E-state index is 0.364. The van der Waals surface area contributed by atoms with Crippen molar-refractivity contribution in [3.05, 3.63) is 69.6 Å². The van der Waals surface area contributed by atoms with Crippen molar-refractivity contribution >= 4 is 33.6 Å². The second-order valence-electron chi connectivity index (χ2n) is 5.93. The van der Waals surface area contributed by atoms with Crippen LogP contribution in [0.2, 0.25) is 0 Å². The second-order valence-corrected chi connectivity index (χ2v) is 6.93. The van der Waals surface area contributed by atoms with Gasteiger partial charge in [0.15, 0.2) is 5.17 Å². The maximum Gasteiger partial charge on any atom is 0.336 e. The topological polar surface area (TPSA) is 77.8 Å². The first-order valence-electron chi connectivity index (χ1n) is 8.12. The highest BCUT2D eigenvalue weighted by atomic mass is 32.2. The summed E-state index contributed by atoms with van der Waals surface area (Å²) in [6, 6.07) is 12.9. The number of amidine groups is 1. The fourth-order valence-corrected chi connectivity index (χ4v) is 3.33. The van der Waals surface area contributed by atoms with Crippen LogP contribution in [0.4, 0.5) is 5.69 Å². The zero-order valence-corrected chi connectivity index (χ0v) is 15.7. The maximum atomic E-state index is 11.9. The van der Waals surface area contributed by atoms with Gasteiger partial charge in [0, 0.05) is 17.2 Å². The van der Waals surface area contributed by atoms with E-state index in [2.05, 4.69) is 4.99 Å². The molecule has 0 bridgehead atoms. The number of rotatable bonds is 4. The summed E-state index contributed by atoms with van der Waals surface area (Å²) >= 11 is 1.37. The number of hydrogen-bond acceptors (Lipinski definition) is 5. The average Bonchev–Trinajstić information content (AvgIpc) is 2.61. The molecule has 0 aliphatic carbocycles. The third kappa shape index (κ3) is 3.91. The molecule has 6 heteroatoms. The van der Waals surface area contributed by atoms with Crippen LogP contribution in [0.5, 0.6) is 5.75 Å². The van der Waals surface area contributed by atoms with E-state index in [-0.39, 0.29) is 5.63 Å². The van der Waals surface area contributed by atoms with E-state index in [4.69, 9.17) is 14.9 Å². The minimum atomic E-state index is -0.364. The molecule has 2 N–H and O–H groups in total. The molecular formula is C20H20N2O3S. The van der Waals surface area contributed by atoms with Crippen LogP contribution in [0.25, 0.3) is 11.0 Å². The highest BCUT2D eigenvalue weighted by Crippen LogP contribution is 2.28. The van der Waals surface area contributed by atoms with Crippen LogP contribution in [0.1, 0.15) is 16.7 Å². The van der Waals surface area contributed by atoms with Gasteiger partial charge in [0.25, 0.3) is 0 Å². The Labute approximate surface area is 155 Å². The highest BCUT2D eigenvalue weighted by Gasteiger charge is 2.09. The molecule has 3 aromatic rings. The first-order chi connectivity index (χ1) is 12.5. The lowest BCUT2D eigenvalue weighted by atomic mass is 10.0. The molecule has 0 atom stereocenters. The summed E-state index contributed by atoms with van der Waals surface area (Å²) in [6.07, 6.45) is 0. The molecule has 1 aromatic heterocycles. The third-order valence-corrected chi connectivity index (χ3v) is 4.98. The normalized spacial score (nSPS) is 11.7. The molecule has 2 aromatic carbocycles. The fraction of sp³-hybridized carbons (Fsp3) is 0.200. The summed E-state index contributed by atoms with van der Waals surface area (Å²) in [4.78, 5) is 16.3. The number of benzene rings is 2. The molecule has 0 saturated carbocycles. The van der Waals surface area contributed by atoms with Crippen molar-refractivity contribution in [2.45, 2.75) is 19.6 Å². The van der Waals surface area contributed by atoms with Crippen LogP contribution < -0.4 is 16.1 Å². The lowest BCUT2D eigenvalue weighted by Gasteiger charge is -2.08. The zero-order chi connectivity index (χ0) is 18.7. The van der Waals surface area contributed by atoms with E-state index in [1.54, 1.807) is 7.11 Å². The molecule has 134 valence electrons. The summed E-state index contributed by atoms with van der Waals surface area (Å²) in [6.45, 7) is 4.03. The Morgan fingerprint density at radius 1 is 1.19 bits per heavy atom. The van der Waals surface area contributed by atoms with Gasteiger partial charge in [-0.1, -0.05) is 23.9 Å². The number of aliphatic imine (C=N–C) groups is 1. The van der Waals surface area contributed by atoms with Crippen molar-refractivity contribution in [2.75, 3.05) is 7.11 Å². The molecule has 1 heterocycles. The molecule has 0 amide bonds. The summed E-state index contributed by atoms with van der Waals surface area (Å²) < 4.78 is 10.6. The smallest absolute Gasteiger partial charge is 0.336 e. The van der Waals surface area contributed by atoms with Crippen molar-refractivity contribution in [3.8, 4) is 5.75 Å². The van der Waals surface area contributed by atoms with E-state index in [1.807, 2.05) is 50.2 Å². The van der Waals surface area contributed by atoms with E-state index < -0.39 is 0 Å². The predicted octanol–water partition coefficient (Wildman–Crippen LogP) is 4.30. The molecule has 0 aliphatic rings. The molecule has 0 aliphatic heterocycles. The van der Waals surface area contributed by atoms with Gasteiger partial charge in [-0.25, -0.2) is 9.79 Å². The Kier molecular flexibility index (Phi) is 5.32. The number of hydrogen-bond donors (Lipinski definition) is 1. The van der Waals surface area contributed by atoms with Crippen LogP contribution in [-0.2, 0) is 5.75 Å². The first-order valence-corrected chi connectivity index (χ1v) is 9.10. The summed E-state index contributed by atoms with van der Waals surface area (Å²) in [5.74, 6) is 1.18. The molecule has 0 fully saturated rings. The number of fused-ring (bicyclic) bond motifs is 1. The quantitative estimate of drug-likeness (QED) is 0.422. The van der Waals surface area contributed by atoms with Gasteiger partial charge in [-0.15, -0.1) is 0 Å². The average molecular weight is 368 g/mol. The van der Waals surface area contributed by atoms with E-state index in [9.17, 15) is 4.79 Å². The summed E-state index contributed by atoms with van der Waals surface area (Å²) in [5, 5.41) is 1.32. The van der Waals surface area contributed by atoms with Crippen molar-refractivity contribution in [1.82, 2.24) is 0 Å². The van der Waals surface area contributed by atoms with Gasteiger partial charge >= 0.3 is 5.63 Å². The minimum Gasteiger partial charge on any atom is -0.494 e. The molecule has 0 spiro atoms. The fourth-order valence-electron chi connectivity index (χ4n) is 2.63. The number of nitrogens with zero attached hydrogens (tertiary/aromatic N) is 1. The van der Waals surface area contributed by atoms with E-state index in [0.717, 1.165) is 22.1 Å².